The van der Waals surface area contributed by atoms with Gasteiger partial charge < -0.3 is 14.8 Å². The van der Waals surface area contributed by atoms with Gasteiger partial charge in [0.15, 0.2) is 0 Å². The predicted molar refractivity (Wildman–Crippen MR) is 41.5 cm³/mol. The van der Waals surface area contributed by atoms with Crippen LogP contribution in [0.5, 0.6) is 0 Å². The summed E-state index contributed by atoms with van der Waals surface area (Å²) in [6.45, 7) is 4.08. The Kier molecular flexibility index (Phi) is 6.82. The molecule has 0 aromatic carbocycles. The molecule has 66 valence electrons. The number of hydrogen-bond acceptors (Lipinski definition) is 4. The van der Waals surface area contributed by atoms with Gasteiger partial charge in [-0.05, 0) is 13.0 Å². The summed E-state index contributed by atoms with van der Waals surface area (Å²) in [7, 11) is 1.29. The molecule has 0 unspecified atom stereocenters. The Morgan fingerprint density at radius 1 is 1.45 bits per heavy atom. The van der Waals surface area contributed by atoms with E-state index in [1.54, 1.807) is 0 Å². The first-order valence-corrected chi connectivity index (χ1v) is 3.72. The zero-order valence-corrected chi connectivity index (χ0v) is 7.05. The molecule has 0 spiro atoms. The van der Waals surface area contributed by atoms with E-state index in [4.69, 9.17) is 0 Å². The van der Waals surface area contributed by atoms with E-state index < -0.39 is 6.16 Å². The van der Waals surface area contributed by atoms with Crippen molar-refractivity contribution in [1.82, 2.24) is 5.32 Å². The smallest absolute Gasteiger partial charge is 0.438 e. The van der Waals surface area contributed by atoms with E-state index in [9.17, 15) is 4.79 Å². The number of rotatable bonds is 5. The lowest BCUT2D eigenvalue weighted by Gasteiger charge is -2.03. The first-order chi connectivity index (χ1) is 5.31. The van der Waals surface area contributed by atoms with Crippen molar-refractivity contribution in [3.8, 4) is 0 Å². The second-order valence-electron chi connectivity index (χ2n) is 2.05. The molecule has 0 heterocycles. The molecule has 11 heavy (non-hydrogen) atoms. The minimum absolute atomic E-state index is 0.368. The van der Waals surface area contributed by atoms with E-state index in [-0.39, 0.29) is 0 Å². The third kappa shape index (κ3) is 7.12. The lowest BCUT2D eigenvalue weighted by atomic mass is 10.5. The van der Waals surface area contributed by atoms with Gasteiger partial charge in [-0.25, -0.2) is 4.79 Å². The minimum atomic E-state index is -0.622. The molecule has 0 rings (SSSR count). The van der Waals surface area contributed by atoms with Gasteiger partial charge in [0.05, 0.1) is 7.11 Å². The monoisotopic (exact) mass is 161 g/mol. The standard InChI is InChI=1S/C7H15NO3/c1-3-4-8-5-6-11-7(9)10-2/h8H,3-6H2,1-2H3. The highest BCUT2D eigenvalue weighted by Gasteiger charge is 1.97. The Labute approximate surface area is 66.9 Å². The van der Waals surface area contributed by atoms with Crippen molar-refractivity contribution in [3.05, 3.63) is 0 Å². The van der Waals surface area contributed by atoms with Crippen LogP contribution in [0.2, 0.25) is 0 Å². The van der Waals surface area contributed by atoms with Crippen LogP contribution < -0.4 is 5.32 Å². The number of ether oxygens (including phenoxy) is 2. The third-order valence-corrected chi connectivity index (χ3v) is 1.09. The maximum absolute atomic E-state index is 10.4. The van der Waals surface area contributed by atoms with Crippen LogP contribution in [0.15, 0.2) is 0 Å². The molecule has 0 aliphatic carbocycles. The predicted octanol–water partition coefficient (Wildman–Crippen LogP) is 0.769. The summed E-state index contributed by atoms with van der Waals surface area (Å²) in [5, 5.41) is 3.08. The van der Waals surface area contributed by atoms with E-state index in [1.165, 1.54) is 7.11 Å². The molecule has 0 aromatic rings. The molecule has 0 atom stereocenters. The van der Waals surface area contributed by atoms with Crippen LogP contribution in [0.25, 0.3) is 0 Å². The Hall–Kier alpha value is -0.770. The van der Waals surface area contributed by atoms with Crippen molar-refractivity contribution >= 4 is 6.16 Å². The fourth-order valence-corrected chi connectivity index (χ4v) is 0.567. The average Bonchev–Trinajstić information content (AvgIpc) is 2.04. The van der Waals surface area contributed by atoms with Crippen LogP contribution in [0.1, 0.15) is 13.3 Å². The van der Waals surface area contributed by atoms with E-state index in [2.05, 4.69) is 21.7 Å². The third-order valence-electron chi connectivity index (χ3n) is 1.09. The molecule has 4 heteroatoms. The lowest BCUT2D eigenvalue weighted by Crippen LogP contribution is -2.21. The molecule has 0 amide bonds. The van der Waals surface area contributed by atoms with Gasteiger partial charge in [-0.3, -0.25) is 0 Å². The normalized spacial score (nSPS) is 9.27. The average molecular weight is 161 g/mol. The molecule has 0 radical (unpaired) electrons. The van der Waals surface area contributed by atoms with E-state index in [0.29, 0.717) is 13.2 Å². The van der Waals surface area contributed by atoms with Crippen molar-refractivity contribution in [3.63, 3.8) is 0 Å². The highest BCUT2D eigenvalue weighted by Crippen LogP contribution is 1.80. The van der Waals surface area contributed by atoms with Crippen molar-refractivity contribution in [1.29, 1.82) is 0 Å². The van der Waals surface area contributed by atoms with Crippen molar-refractivity contribution in [2.45, 2.75) is 13.3 Å². The quantitative estimate of drug-likeness (QED) is 0.478. The zero-order valence-electron chi connectivity index (χ0n) is 7.05. The maximum atomic E-state index is 10.4. The SMILES string of the molecule is CCCNCCOC(=O)OC. The second-order valence-corrected chi connectivity index (χ2v) is 2.05. The number of methoxy groups -OCH3 is 1. The van der Waals surface area contributed by atoms with E-state index >= 15 is 0 Å². The lowest BCUT2D eigenvalue weighted by molar-refractivity contribution is 0.0735. The summed E-state index contributed by atoms with van der Waals surface area (Å²) in [6, 6.07) is 0. The van der Waals surface area contributed by atoms with Gasteiger partial charge in [0.25, 0.3) is 0 Å². The summed E-state index contributed by atoms with van der Waals surface area (Å²) in [4.78, 5) is 10.4. The summed E-state index contributed by atoms with van der Waals surface area (Å²) in [5.41, 5.74) is 0. The number of nitrogens with one attached hydrogen (secondary N) is 1. The summed E-state index contributed by atoms with van der Waals surface area (Å²) in [5.74, 6) is 0. The van der Waals surface area contributed by atoms with Gasteiger partial charge in [-0.2, -0.15) is 0 Å². The van der Waals surface area contributed by atoms with Crippen LogP contribution in [0, 0.1) is 0 Å². The first-order valence-electron chi connectivity index (χ1n) is 3.72. The van der Waals surface area contributed by atoms with Gasteiger partial charge in [0.2, 0.25) is 0 Å². The van der Waals surface area contributed by atoms with Crippen LogP contribution in [-0.4, -0.2) is 33.0 Å². The van der Waals surface area contributed by atoms with Crippen LogP contribution >= 0.6 is 0 Å². The second kappa shape index (κ2) is 7.34. The summed E-state index contributed by atoms with van der Waals surface area (Å²) >= 11 is 0. The van der Waals surface area contributed by atoms with Gasteiger partial charge in [0.1, 0.15) is 6.61 Å². The Bertz CT molecular complexity index is 106. The molecule has 0 aliphatic rings. The summed E-state index contributed by atoms with van der Waals surface area (Å²) in [6.07, 6.45) is 0.460. The van der Waals surface area contributed by atoms with Crippen molar-refractivity contribution in [2.24, 2.45) is 0 Å². The van der Waals surface area contributed by atoms with Crippen LogP contribution in [0.4, 0.5) is 4.79 Å². The number of carbonyl (C=O) groups is 1. The Balaban J connectivity index is 2.95. The van der Waals surface area contributed by atoms with Crippen LogP contribution in [-0.2, 0) is 9.47 Å². The number of hydrogen-bond donors (Lipinski definition) is 1. The molecule has 0 aliphatic heterocycles. The fraction of sp³-hybridized carbons (Fsp3) is 0.857. The first kappa shape index (κ1) is 10.2. The maximum Gasteiger partial charge on any atom is 0.508 e. The zero-order chi connectivity index (χ0) is 8.53. The largest absolute Gasteiger partial charge is 0.508 e. The minimum Gasteiger partial charge on any atom is -0.438 e. The molecular weight excluding hydrogens is 146 g/mol. The molecule has 0 saturated heterocycles. The highest BCUT2D eigenvalue weighted by molar-refractivity contribution is 5.59. The van der Waals surface area contributed by atoms with Crippen molar-refractivity contribution in [2.75, 3.05) is 26.8 Å². The number of carbonyl (C=O) groups excluding carboxylic acids is 1. The fourth-order valence-electron chi connectivity index (χ4n) is 0.567. The van der Waals surface area contributed by atoms with E-state index in [1.807, 2.05) is 0 Å². The molecule has 0 saturated carbocycles. The molecule has 0 aromatic heterocycles. The molecule has 0 fully saturated rings. The topological polar surface area (TPSA) is 47.6 Å². The highest BCUT2D eigenvalue weighted by atomic mass is 16.7. The Morgan fingerprint density at radius 3 is 2.73 bits per heavy atom. The molecule has 4 nitrogen and oxygen atoms in total. The van der Waals surface area contributed by atoms with Gasteiger partial charge in [-0.15, -0.1) is 0 Å². The van der Waals surface area contributed by atoms with Gasteiger partial charge in [-0.1, -0.05) is 6.92 Å². The molecule has 0 bridgehead atoms. The van der Waals surface area contributed by atoms with Crippen molar-refractivity contribution < 1.29 is 14.3 Å². The Morgan fingerprint density at radius 2 is 2.18 bits per heavy atom. The van der Waals surface area contributed by atoms with Gasteiger partial charge in [0, 0.05) is 6.54 Å². The van der Waals surface area contributed by atoms with Gasteiger partial charge >= 0.3 is 6.16 Å². The van der Waals surface area contributed by atoms with Crippen LogP contribution in [0.3, 0.4) is 0 Å². The van der Waals surface area contributed by atoms with E-state index in [0.717, 1.165) is 13.0 Å². The summed E-state index contributed by atoms with van der Waals surface area (Å²) < 4.78 is 8.88. The molecule has 1 N–H and O–H groups in total. The molecular formula is C7H15NO3.